The van der Waals surface area contributed by atoms with Crippen molar-refractivity contribution in [1.82, 2.24) is 9.88 Å². The number of rotatable bonds is 5. The number of para-hydroxylation sites is 1. The minimum Gasteiger partial charge on any atom is -0.308 e. The molecule has 1 heterocycles. The van der Waals surface area contributed by atoms with Gasteiger partial charge in [-0.3, -0.25) is 9.69 Å². The fourth-order valence-electron chi connectivity index (χ4n) is 2.34. The maximum absolute atomic E-state index is 13.0. The van der Waals surface area contributed by atoms with Crippen LogP contribution in [0.15, 0.2) is 48.5 Å². The number of halogens is 1. The maximum atomic E-state index is 13.0. The molecular formula is C18H18ClN3OS. The van der Waals surface area contributed by atoms with Gasteiger partial charge in [-0.05, 0) is 38.4 Å². The number of anilines is 1. The molecule has 1 aromatic heterocycles. The van der Waals surface area contributed by atoms with Crippen LogP contribution in [0.2, 0.25) is 5.02 Å². The quantitative estimate of drug-likeness (QED) is 0.686. The van der Waals surface area contributed by atoms with Crippen LogP contribution < -0.4 is 4.90 Å². The summed E-state index contributed by atoms with van der Waals surface area (Å²) in [5.41, 5.74) is 1.40. The molecule has 0 aliphatic carbocycles. The predicted octanol–water partition coefficient (Wildman–Crippen LogP) is 4.16. The number of thiazole rings is 1. The molecule has 24 heavy (non-hydrogen) atoms. The lowest BCUT2D eigenvalue weighted by Gasteiger charge is -2.22. The summed E-state index contributed by atoms with van der Waals surface area (Å²) in [6.07, 6.45) is 0. The van der Waals surface area contributed by atoms with Crippen LogP contribution in [0.25, 0.3) is 10.2 Å². The van der Waals surface area contributed by atoms with Gasteiger partial charge < -0.3 is 4.90 Å². The molecule has 0 spiro atoms. The van der Waals surface area contributed by atoms with Crippen LogP contribution in [0.3, 0.4) is 0 Å². The molecule has 0 fully saturated rings. The molecule has 0 bridgehead atoms. The number of fused-ring (bicyclic) bond motifs is 1. The van der Waals surface area contributed by atoms with E-state index >= 15 is 0 Å². The number of hydrogen-bond donors (Lipinski definition) is 0. The van der Waals surface area contributed by atoms with Gasteiger partial charge in [-0.2, -0.15) is 0 Å². The highest BCUT2D eigenvalue weighted by atomic mass is 35.5. The van der Waals surface area contributed by atoms with Gasteiger partial charge in [0.25, 0.3) is 5.91 Å². The first-order chi connectivity index (χ1) is 11.6. The molecule has 3 aromatic rings. The third kappa shape index (κ3) is 3.59. The Balaban J connectivity index is 1.99. The highest BCUT2D eigenvalue weighted by Crippen LogP contribution is 2.33. The molecule has 0 atom stereocenters. The second-order valence-electron chi connectivity index (χ2n) is 5.71. The topological polar surface area (TPSA) is 36.4 Å². The summed E-state index contributed by atoms with van der Waals surface area (Å²) >= 11 is 7.72. The highest BCUT2D eigenvalue weighted by molar-refractivity contribution is 7.22. The normalized spacial score (nSPS) is 11.2. The predicted molar refractivity (Wildman–Crippen MR) is 101 cm³/mol. The number of amides is 1. The monoisotopic (exact) mass is 359 g/mol. The Bertz CT molecular complexity index is 848. The highest BCUT2D eigenvalue weighted by Gasteiger charge is 2.21. The van der Waals surface area contributed by atoms with Gasteiger partial charge >= 0.3 is 0 Å². The number of benzene rings is 2. The van der Waals surface area contributed by atoms with E-state index < -0.39 is 0 Å². The zero-order valence-corrected chi connectivity index (χ0v) is 15.1. The van der Waals surface area contributed by atoms with E-state index in [1.54, 1.807) is 4.90 Å². The van der Waals surface area contributed by atoms with E-state index in [9.17, 15) is 4.79 Å². The van der Waals surface area contributed by atoms with Gasteiger partial charge in [0.1, 0.15) is 5.52 Å². The Kier molecular flexibility index (Phi) is 5.14. The summed E-state index contributed by atoms with van der Waals surface area (Å²) in [5.74, 6) is -0.0485. The Hall–Kier alpha value is -1.95. The summed E-state index contributed by atoms with van der Waals surface area (Å²) in [4.78, 5) is 21.4. The second kappa shape index (κ2) is 7.30. The zero-order chi connectivity index (χ0) is 17.1. The van der Waals surface area contributed by atoms with E-state index in [1.807, 2.05) is 67.5 Å². The molecule has 0 radical (unpaired) electrons. The summed E-state index contributed by atoms with van der Waals surface area (Å²) in [7, 11) is 3.97. The Morgan fingerprint density at radius 3 is 2.50 bits per heavy atom. The van der Waals surface area contributed by atoms with Crippen LogP contribution in [0.4, 0.5) is 5.13 Å². The molecule has 4 nitrogen and oxygen atoms in total. The van der Waals surface area contributed by atoms with Gasteiger partial charge in [-0.1, -0.05) is 47.2 Å². The minimum absolute atomic E-state index is 0.0485. The van der Waals surface area contributed by atoms with Crippen molar-refractivity contribution in [3.63, 3.8) is 0 Å². The summed E-state index contributed by atoms with van der Waals surface area (Å²) in [5, 5.41) is 1.28. The average molecular weight is 360 g/mol. The fraction of sp³-hybridized carbons (Fsp3) is 0.222. The van der Waals surface area contributed by atoms with E-state index in [2.05, 4.69) is 4.98 Å². The van der Waals surface area contributed by atoms with Crippen molar-refractivity contribution >= 4 is 44.2 Å². The number of carbonyl (C=O) groups excluding carboxylic acids is 1. The van der Waals surface area contributed by atoms with Gasteiger partial charge in [0, 0.05) is 18.7 Å². The summed E-state index contributed by atoms with van der Waals surface area (Å²) in [6, 6.07) is 15.0. The first-order valence-electron chi connectivity index (χ1n) is 7.63. The van der Waals surface area contributed by atoms with E-state index in [0.717, 1.165) is 16.8 Å². The smallest absolute Gasteiger partial charge is 0.260 e. The van der Waals surface area contributed by atoms with Crippen LogP contribution in [0, 0.1) is 0 Å². The van der Waals surface area contributed by atoms with Crippen LogP contribution >= 0.6 is 22.9 Å². The molecule has 0 saturated heterocycles. The van der Waals surface area contributed by atoms with Crippen molar-refractivity contribution in [3.05, 3.63) is 59.1 Å². The van der Waals surface area contributed by atoms with E-state index in [-0.39, 0.29) is 5.91 Å². The lowest BCUT2D eigenvalue weighted by atomic mass is 10.2. The van der Waals surface area contributed by atoms with Crippen molar-refractivity contribution in [3.8, 4) is 0 Å². The zero-order valence-electron chi connectivity index (χ0n) is 13.6. The number of aromatic nitrogens is 1. The number of hydrogen-bond acceptors (Lipinski definition) is 4. The standard InChI is InChI=1S/C18H18ClN3OS/c1-21(2)11-12-22(17(23)13-7-4-3-5-8-13)18-20-16-14(19)9-6-10-15(16)24-18/h3-10H,11-12H2,1-2H3. The molecule has 2 aromatic carbocycles. The molecular weight excluding hydrogens is 342 g/mol. The largest absolute Gasteiger partial charge is 0.308 e. The van der Waals surface area contributed by atoms with Gasteiger partial charge in [0.2, 0.25) is 0 Å². The van der Waals surface area contributed by atoms with E-state index in [1.165, 1.54) is 11.3 Å². The molecule has 124 valence electrons. The van der Waals surface area contributed by atoms with Gasteiger partial charge in [0.05, 0.1) is 9.72 Å². The van der Waals surface area contributed by atoms with Gasteiger partial charge in [-0.25, -0.2) is 4.98 Å². The summed E-state index contributed by atoms with van der Waals surface area (Å²) < 4.78 is 0.980. The molecule has 0 aliphatic heterocycles. The lowest BCUT2D eigenvalue weighted by Crippen LogP contribution is -2.36. The van der Waals surface area contributed by atoms with Crippen molar-refractivity contribution in [2.75, 3.05) is 32.1 Å². The summed E-state index contributed by atoms with van der Waals surface area (Å²) in [6.45, 7) is 1.32. The molecule has 3 rings (SSSR count). The number of nitrogens with zero attached hydrogens (tertiary/aromatic N) is 3. The molecule has 6 heteroatoms. The lowest BCUT2D eigenvalue weighted by molar-refractivity contribution is 0.0985. The number of carbonyl (C=O) groups is 1. The van der Waals surface area contributed by atoms with Gasteiger partial charge in [-0.15, -0.1) is 0 Å². The van der Waals surface area contributed by atoms with E-state index in [0.29, 0.717) is 22.3 Å². The van der Waals surface area contributed by atoms with Crippen molar-refractivity contribution < 1.29 is 4.79 Å². The average Bonchev–Trinajstić information content (AvgIpc) is 3.01. The van der Waals surface area contributed by atoms with Gasteiger partial charge in [0.15, 0.2) is 5.13 Å². The number of likely N-dealkylation sites (N-methyl/N-ethyl adjacent to an activating group) is 1. The van der Waals surface area contributed by atoms with Crippen LogP contribution in [0.5, 0.6) is 0 Å². The van der Waals surface area contributed by atoms with Crippen molar-refractivity contribution in [2.45, 2.75) is 0 Å². The van der Waals surface area contributed by atoms with Crippen LogP contribution in [0.1, 0.15) is 10.4 Å². The molecule has 0 unspecified atom stereocenters. The SMILES string of the molecule is CN(C)CCN(C(=O)c1ccccc1)c1nc2c(Cl)cccc2s1. The Morgan fingerprint density at radius 2 is 1.83 bits per heavy atom. The third-order valence-electron chi connectivity index (χ3n) is 3.63. The van der Waals surface area contributed by atoms with E-state index in [4.69, 9.17) is 11.6 Å². The Labute approximate surface area is 150 Å². The van der Waals surface area contributed by atoms with Crippen molar-refractivity contribution in [2.24, 2.45) is 0 Å². The van der Waals surface area contributed by atoms with Crippen LogP contribution in [-0.2, 0) is 0 Å². The van der Waals surface area contributed by atoms with Crippen LogP contribution in [-0.4, -0.2) is 43.0 Å². The van der Waals surface area contributed by atoms with Crippen molar-refractivity contribution in [1.29, 1.82) is 0 Å². The minimum atomic E-state index is -0.0485. The first-order valence-corrected chi connectivity index (χ1v) is 8.82. The first kappa shape index (κ1) is 16.9. The third-order valence-corrected chi connectivity index (χ3v) is 4.97. The fourth-order valence-corrected chi connectivity index (χ4v) is 3.63. The molecule has 0 aliphatic rings. The molecule has 0 N–H and O–H groups in total. The molecule has 0 saturated carbocycles. The Morgan fingerprint density at radius 1 is 1.08 bits per heavy atom. The molecule has 1 amide bonds. The second-order valence-corrected chi connectivity index (χ2v) is 7.13. The maximum Gasteiger partial charge on any atom is 0.260 e.